The van der Waals surface area contributed by atoms with Gasteiger partial charge in [0.05, 0.1) is 38.3 Å². The lowest BCUT2D eigenvalue weighted by atomic mass is 10.1. The average Bonchev–Trinajstić information content (AvgIpc) is 3.61. The lowest BCUT2D eigenvalue weighted by Gasteiger charge is -2.21. The molecule has 0 aliphatic carbocycles. The third-order valence-electron chi connectivity index (χ3n) is 7.16. The van der Waals surface area contributed by atoms with E-state index in [0.29, 0.717) is 48.2 Å². The van der Waals surface area contributed by atoms with Gasteiger partial charge >= 0.3 is 5.97 Å². The highest BCUT2D eigenvalue weighted by Gasteiger charge is 2.30. The van der Waals surface area contributed by atoms with Crippen LogP contribution in [0.15, 0.2) is 84.1 Å². The molecular formula is C32H34N4O7S. The molecule has 1 saturated heterocycles. The van der Waals surface area contributed by atoms with Crippen molar-refractivity contribution in [3.8, 4) is 23.0 Å². The van der Waals surface area contributed by atoms with E-state index in [1.165, 1.54) is 40.6 Å². The van der Waals surface area contributed by atoms with Crippen LogP contribution in [-0.4, -0.2) is 62.6 Å². The number of nitrogens with one attached hydrogen (secondary N) is 1. The summed E-state index contributed by atoms with van der Waals surface area (Å²) in [6.07, 6.45) is 6.38. The van der Waals surface area contributed by atoms with Crippen molar-refractivity contribution in [1.82, 2.24) is 14.3 Å². The number of benzene rings is 3. The zero-order chi connectivity index (χ0) is 30.9. The Morgan fingerprint density at radius 3 is 2.32 bits per heavy atom. The summed E-state index contributed by atoms with van der Waals surface area (Å²) in [6, 6.07) is 18.1. The molecule has 0 amide bonds. The minimum absolute atomic E-state index is 0.00494. The topological polar surface area (TPSA) is 129 Å². The van der Waals surface area contributed by atoms with E-state index in [4.69, 9.17) is 18.9 Å². The number of ether oxygens (including phenoxy) is 4. The molecule has 1 aliphatic rings. The molecular weight excluding hydrogens is 584 g/mol. The summed E-state index contributed by atoms with van der Waals surface area (Å²) < 4.78 is 51.7. The van der Waals surface area contributed by atoms with Gasteiger partial charge in [0.2, 0.25) is 10.0 Å². The molecule has 1 aromatic heterocycles. The second-order valence-corrected chi connectivity index (χ2v) is 11.9. The smallest absolute Gasteiger partial charge is 0.363 e. The zero-order valence-electron chi connectivity index (χ0n) is 24.6. The van der Waals surface area contributed by atoms with Crippen LogP contribution in [0.1, 0.15) is 34.5 Å². The van der Waals surface area contributed by atoms with Gasteiger partial charge in [-0.15, -0.1) is 0 Å². The summed E-state index contributed by atoms with van der Waals surface area (Å²) in [7, 11) is -0.797. The molecule has 5 rings (SSSR count). The molecule has 4 aromatic rings. The molecule has 0 spiro atoms. The summed E-state index contributed by atoms with van der Waals surface area (Å²) >= 11 is 0. The Hall–Kier alpha value is -4.68. The highest BCUT2D eigenvalue weighted by Crippen LogP contribution is 2.36. The molecule has 1 aliphatic heterocycles. The Morgan fingerprint density at radius 2 is 1.66 bits per heavy atom. The summed E-state index contributed by atoms with van der Waals surface area (Å²) in [5, 5.41) is 3.24. The van der Waals surface area contributed by atoms with Crippen LogP contribution in [-0.2, 0) is 23.0 Å². The number of carbonyl (C=O) groups excluding carboxylic acids is 1. The molecule has 44 heavy (non-hydrogen) atoms. The van der Waals surface area contributed by atoms with Gasteiger partial charge in [0, 0.05) is 56.6 Å². The first kappa shape index (κ1) is 30.8. The standard InChI is InChI=1S/C32H34N4O7S/c1-40-29-18-25(42-17-12-23-8-4-3-5-9-23)19-30(41-2)26(29)21-35-27-11-10-24(43-32(37)28-22-33-13-14-34-28)20-31(27)44(38,39)36-15-6-7-16-36/h3-5,8-11,13-14,18-20,22,35H,6-7,12,15-17,21H2,1-2H3. The molecule has 1 N–H and O–H groups in total. The molecule has 2 heterocycles. The Bertz CT molecular complexity index is 1650. The number of hydrogen-bond acceptors (Lipinski definition) is 10. The molecule has 230 valence electrons. The van der Waals surface area contributed by atoms with Crippen LogP contribution >= 0.6 is 0 Å². The predicted molar refractivity (Wildman–Crippen MR) is 164 cm³/mol. The number of carbonyl (C=O) groups is 1. The molecule has 3 aromatic carbocycles. The van der Waals surface area contributed by atoms with Gasteiger partial charge in [-0.05, 0) is 30.5 Å². The normalized spacial score (nSPS) is 13.3. The predicted octanol–water partition coefficient (Wildman–Crippen LogP) is 4.73. The highest BCUT2D eigenvalue weighted by molar-refractivity contribution is 7.89. The lowest BCUT2D eigenvalue weighted by Crippen LogP contribution is -2.28. The number of hydrogen-bond donors (Lipinski definition) is 1. The van der Waals surface area contributed by atoms with Crippen LogP contribution in [0.2, 0.25) is 0 Å². The number of methoxy groups -OCH3 is 2. The van der Waals surface area contributed by atoms with E-state index in [1.54, 1.807) is 32.4 Å². The van der Waals surface area contributed by atoms with Gasteiger partial charge in [-0.2, -0.15) is 4.31 Å². The fraction of sp³-hybridized carbons (Fsp3) is 0.281. The maximum Gasteiger partial charge on any atom is 0.363 e. The minimum Gasteiger partial charge on any atom is -0.496 e. The first-order valence-electron chi connectivity index (χ1n) is 14.2. The first-order valence-corrected chi connectivity index (χ1v) is 15.6. The van der Waals surface area contributed by atoms with E-state index < -0.39 is 16.0 Å². The molecule has 0 radical (unpaired) electrons. The van der Waals surface area contributed by atoms with Gasteiger partial charge in [-0.3, -0.25) is 4.98 Å². The maximum absolute atomic E-state index is 13.7. The highest BCUT2D eigenvalue weighted by atomic mass is 32.2. The summed E-state index contributed by atoms with van der Waals surface area (Å²) in [5.74, 6) is 0.944. The second kappa shape index (κ2) is 14.2. The van der Waals surface area contributed by atoms with Crippen molar-refractivity contribution in [2.75, 3.05) is 39.2 Å². The monoisotopic (exact) mass is 618 g/mol. The minimum atomic E-state index is -3.90. The number of sulfonamides is 1. The van der Waals surface area contributed by atoms with E-state index >= 15 is 0 Å². The van der Waals surface area contributed by atoms with E-state index in [-0.39, 0.29) is 22.9 Å². The largest absolute Gasteiger partial charge is 0.496 e. The van der Waals surface area contributed by atoms with Crippen molar-refractivity contribution in [3.05, 3.63) is 96.1 Å². The second-order valence-electron chi connectivity index (χ2n) is 9.99. The number of rotatable bonds is 13. The van der Waals surface area contributed by atoms with Crippen molar-refractivity contribution < 1.29 is 32.2 Å². The van der Waals surface area contributed by atoms with Gasteiger partial charge in [-0.1, -0.05) is 30.3 Å². The molecule has 0 saturated carbocycles. The molecule has 1 fully saturated rings. The lowest BCUT2D eigenvalue weighted by molar-refractivity contribution is 0.0727. The Balaban J connectivity index is 1.38. The Labute approximate surface area is 256 Å². The number of anilines is 1. The number of nitrogens with zero attached hydrogens (tertiary/aromatic N) is 3. The molecule has 0 atom stereocenters. The van der Waals surface area contributed by atoms with Crippen LogP contribution in [0.4, 0.5) is 5.69 Å². The van der Waals surface area contributed by atoms with Crippen LogP contribution in [0.25, 0.3) is 0 Å². The van der Waals surface area contributed by atoms with Crippen LogP contribution in [0.5, 0.6) is 23.0 Å². The van der Waals surface area contributed by atoms with Gasteiger partial charge in [0.1, 0.15) is 27.9 Å². The Kier molecular flexibility index (Phi) is 9.93. The number of aromatic nitrogens is 2. The molecule has 0 unspecified atom stereocenters. The van der Waals surface area contributed by atoms with Crippen LogP contribution in [0.3, 0.4) is 0 Å². The third-order valence-corrected chi connectivity index (χ3v) is 9.10. The maximum atomic E-state index is 13.7. The summed E-state index contributed by atoms with van der Waals surface area (Å²) in [6.45, 7) is 1.48. The zero-order valence-corrected chi connectivity index (χ0v) is 25.4. The van der Waals surface area contributed by atoms with E-state index in [1.807, 2.05) is 30.3 Å². The summed E-state index contributed by atoms with van der Waals surface area (Å²) in [4.78, 5) is 20.4. The van der Waals surface area contributed by atoms with Crippen LogP contribution < -0.4 is 24.3 Å². The summed E-state index contributed by atoms with van der Waals surface area (Å²) in [5.41, 5.74) is 2.18. The fourth-order valence-electron chi connectivity index (χ4n) is 4.89. The van der Waals surface area contributed by atoms with Crippen molar-refractivity contribution in [1.29, 1.82) is 0 Å². The fourth-order valence-corrected chi connectivity index (χ4v) is 6.59. The number of esters is 1. The molecule has 12 heteroatoms. The van der Waals surface area contributed by atoms with Crippen molar-refractivity contribution >= 4 is 21.7 Å². The van der Waals surface area contributed by atoms with E-state index in [2.05, 4.69) is 15.3 Å². The van der Waals surface area contributed by atoms with Gasteiger partial charge < -0.3 is 24.3 Å². The quantitative estimate of drug-likeness (QED) is 0.166. The SMILES string of the molecule is COc1cc(OCCc2ccccc2)cc(OC)c1CNc1ccc(OC(=O)c2cnccn2)cc1S(=O)(=O)N1CCCC1. The first-order chi connectivity index (χ1) is 21.4. The van der Waals surface area contributed by atoms with Crippen molar-refractivity contribution in [2.45, 2.75) is 30.7 Å². The molecule has 11 nitrogen and oxygen atoms in total. The van der Waals surface area contributed by atoms with Crippen LogP contribution in [0, 0.1) is 0 Å². The van der Waals surface area contributed by atoms with Gasteiger partial charge in [0.25, 0.3) is 0 Å². The van der Waals surface area contributed by atoms with Gasteiger partial charge in [0.15, 0.2) is 5.69 Å². The molecule has 0 bridgehead atoms. The third kappa shape index (κ3) is 7.26. The van der Waals surface area contributed by atoms with Crippen molar-refractivity contribution in [2.24, 2.45) is 0 Å². The van der Waals surface area contributed by atoms with E-state index in [9.17, 15) is 13.2 Å². The average molecular weight is 619 g/mol. The van der Waals surface area contributed by atoms with E-state index in [0.717, 1.165) is 19.3 Å². The van der Waals surface area contributed by atoms with Gasteiger partial charge in [-0.25, -0.2) is 18.2 Å². The van der Waals surface area contributed by atoms with Crippen molar-refractivity contribution in [3.63, 3.8) is 0 Å². The Morgan fingerprint density at radius 1 is 0.932 bits per heavy atom.